The smallest absolute Gasteiger partial charge is 0.419 e. The Morgan fingerprint density at radius 1 is 1.00 bits per heavy atom. The van der Waals surface area contributed by atoms with E-state index in [1.165, 1.54) is 14.2 Å². The molecular weight excluding hydrogens is 527 g/mol. The maximum absolute atomic E-state index is 16.3. The lowest BCUT2D eigenvalue weighted by atomic mass is 9.98. The lowest BCUT2D eigenvalue weighted by molar-refractivity contribution is -0.139. The van der Waals surface area contributed by atoms with Crippen LogP contribution in [0.4, 0.5) is 27.8 Å². The van der Waals surface area contributed by atoms with Crippen LogP contribution in [0.25, 0.3) is 22.2 Å². The Kier molecular flexibility index (Phi) is 7.36. The number of rotatable bonds is 8. The topological polar surface area (TPSA) is 78.8 Å². The van der Waals surface area contributed by atoms with E-state index in [4.69, 9.17) is 18.9 Å². The number of hydrogen-bond donors (Lipinski definition) is 0. The molecule has 1 saturated heterocycles. The monoisotopic (exact) mass is 554 g/mol. The van der Waals surface area contributed by atoms with Crippen LogP contribution in [0.5, 0.6) is 17.6 Å². The first-order chi connectivity index (χ1) is 18.6. The van der Waals surface area contributed by atoms with Gasteiger partial charge in [0.2, 0.25) is 5.88 Å². The number of alkyl halides is 3. The van der Waals surface area contributed by atoms with Crippen molar-refractivity contribution in [2.45, 2.75) is 32.4 Å². The van der Waals surface area contributed by atoms with Crippen LogP contribution in [0.3, 0.4) is 0 Å². The number of halogens is 5. The average Bonchev–Trinajstić information content (AvgIpc) is 3.24. The quantitative estimate of drug-likeness (QED) is 0.263. The van der Waals surface area contributed by atoms with E-state index in [-0.39, 0.29) is 41.9 Å². The first-order valence-corrected chi connectivity index (χ1v) is 12.5. The number of methoxy groups -OCH3 is 2. The van der Waals surface area contributed by atoms with Crippen LogP contribution in [0.2, 0.25) is 0 Å². The van der Waals surface area contributed by atoms with Gasteiger partial charge in [0.25, 0.3) is 0 Å². The molecule has 2 atom stereocenters. The van der Waals surface area contributed by atoms with Gasteiger partial charge in [0.15, 0.2) is 12.6 Å². The van der Waals surface area contributed by atoms with Gasteiger partial charge in [-0.05, 0) is 44.1 Å². The van der Waals surface area contributed by atoms with Gasteiger partial charge in [-0.25, -0.2) is 13.8 Å². The van der Waals surface area contributed by atoms with E-state index >= 15 is 4.39 Å². The Bertz CT molecular complexity index is 1380. The third-order valence-electron chi connectivity index (χ3n) is 7.03. The third kappa shape index (κ3) is 5.11. The number of aromatic nitrogens is 3. The maximum Gasteiger partial charge on any atom is 0.419 e. The zero-order valence-electron chi connectivity index (χ0n) is 21.6. The molecule has 5 rings (SSSR count). The van der Waals surface area contributed by atoms with Gasteiger partial charge in [-0.15, -0.1) is 0 Å². The number of pyridine rings is 1. The van der Waals surface area contributed by atoms with Crippen molar-refractivity contribution in [3.8, 4) is 28.9 Å². The molecule has 0 spiro atoms. The molecular formula is C26H27F5N4O4. The molecule has 2 unspecified atom stereocenters. The minimum atomic E-state index is -5.17. The summed E-state index contributed by atoms with van der Waals surface area (Å²) in [6.45, 7) is 2.70. The fourth-order valence-electron chi connectivity index (χ4n) is 5.49. The molecule has 8 nitrogen and oxygen atoms in total. The number of hydrogen-bond acceptors (Lipinski definition) is 8. The highest BCUT2D eigenvalue weighted by Gasteiger charge is 2.40. The Labute approximate surface area is 221 Å². The van der Waals surface area contributed by atoms with E-state index in [0.717, 1.165) is 25.3 Å². The minimum Gasteiger partial charge on any atom is -0.477 e. The third-order valence-corrected chi connectivity index (χ3v) is 7.03. The van der Waals surface area contributed by atoms with Crippen molar-refractivity contribution in [3.05, 3.63) is 29.3 Å². The van der Waals surface area contributed by atoms with E-state index in [1.54, 1.807) is 6.92 Å². The molecule has 3 heterocycles. The molecule has 2 aliphatic rings. The van der Waals surface area contributed by atoms with Gasteiger partial charge in [-0.1, -0.05) is 0 Å². The molecule has 1 aliphatic carbocycles. The highest BCUT2D eigenvalue weighted by atomic mass is 19.4. The summed E-state index contributed by atoms with van der Waals surface area (Å²) in [6.07, 6.45) is -1.93. The predicted molar refractivity (Wildman–Crippen MR) is 131 cm³/mol. The second-order valence-electron chi connectivity index (χ2n) is 9.60. The lowest BCUT2D eigenvalue weighted by Crippen LogP contribution is -2.37. The van der Waals surface area contributed by atoms with Crippen LogP contribution in [0, 0.1) is 23.5 Å². The number of piperidine rings is 1. The summed E-state index contributed by atoms with van der Waals surface area (Å²) in [5.41, 5.74) is -3.72. The Morgan fingerprint density at radius 3 is 2.33 bits per heavy atom. The standard InChI is InChI=1S/C26H27F5N4O4/c1-4-38-24-18-22(33-25(37-3)34-23(18)35-10-13-5-6-14(7-13)11-35)20(28)21(32-24)16-8-15(39-12-36-2)9-17(27)19(16)26(29,30)31/h8-9,13-14H,4-7,10-12H2,1-3H3. The number of anilines is 1. The molecule has 1 saturated carbocycles. The summed E-state index contributed by atoms with van der Waals surface area (Å²) in [5.74, 6) is -2.12. The molecule has 1 aromatic carbocycles. The van der Waals surface area contributed by atoms with E-state index in [2.05, 4.69) is 15.0 Å². The van der Waals surface area contributed by atoms with Gasteiger partial charge in [0, 0.05) is 31.8 Å². The second kappa shape index (κ2) is 10.6. The van der Waals surface area contributed by atoms with Crippen molar-refractivity contribution >= 4 is 16.7 Å². The van der Waals surface area contributed by atoms with Crippen LogP contribution >= 0.6 is 0 Å². The van der Waals surface area contributed by atoms with Gasteiger partial charge in [0.1, 0.15) is 39.5 Å². The molecule has 0 N–H and O–H groups in total. The van der Waals surface area contributed by atoms with Gasteiger partial charge in [0.05, 0.1) is 13.7 Å². The Balaban J connectivity index is 1.78. The molecule has 1 aliphatic heterocycles. The summed E-state index contributed by atoms with van der Waals surface area (Å²) in [4.78, 5) is 14.8. The largest absolute Gasteiger partial charge is 0.477 e. The highest BCUT2D eigenvalue weighted by molar-refractivity contribution is 5.97. The number of fused-ring (bicyclic) bond motifs is 3. The summed E-state index contributed by atoms with van der Waals surface area (Å²) in [5, 5.41) is 0.112. The predicted octanol–water partition coefficient (Wildman–Crippen LogP) is 5.62. The van der Waals surface area contributed by atoms with Gasteiger partial charge in [-0.3, -0.25) is 0 Å². The maximum atomic E-state index is 16.3. The first kappa shape index (κ1) is 27.1. The number of benzene rings is 1. The molecule has 2 fully saturated rings. The minimum absolute atomic E-state index is 0.0708. The van der Waals surface area contributed by atoms with Crippen LogP contribution < -0.4 is 19.1 Å². The van der Waals surface area contributed by atoms with Crippen molar-refractivity contribution in [1.82, 2.24) is 15.0 Å². The van der Waals surface area contributed by atoms with E-state index in [9.17, 15) is 17.6 Å². The highest BCUT2D eigenvalue weighted by Crippen LogP contribution is 2.46. The fourth-order valence-corrected chi connectivity index (χ4v) is 5.49. The van der Waals surface area contributed by atoms with Crippen molar-refractivity contribution in [1.29, 1.82) is 0 Å². The fraction of sp³-hybridized carbons (Fsp3) is 0.500. The molecule has 0 radical (unpaired) electrons. The van der Waals surface area contributed by atoms with E-state index in [1.807, 2.05) is 4.90 Å². The second-order valence-corrected chi connectivity index (χ2v) is 9.60. The number of nitrogens with zero attached hydrogens (tertiary/aromatic N) is 4. The van der Waals surface area contributed by atoms with Crippen molar-refractivity contribution < 1.29 is 40.9 Å². The summed E-state index contributed by atoms with van der Waals surface area (Å²) < 4.78 is 94.1. The molecule has 2 bridgehead atoms. The zero-order chi connectivity index (χ0) is 27.9. The van der Waals surface area contributed by atoms with Crippen molar-refractivity contribution in [2.24, 2.45) is 11.8 Å². The first-order valence-electron chi connectivity index (χ1n) is 12.5. The van der Waals surface area contributed by atoms with Gasteiger partial charge >= 0.3 is 12.2 Å². The molecule has 39 heavy (non-hydrogen) atoms. The summed E-state index contributed by atoms with van der Waals surface area (Å²) in [6, 6.07) is 1.25. The molecule has 210 valence electrons. The zero-order valence-corrected chi connectivity index (χ0v) is 21.6. The van der Waals surface area contributed by atoms with Crippen molar-refractivity contribution in [2.75, 3.05) is 45.6 Å². The Hall–Kier alpha value is -3.48. The van der Waals surface area contributed by atoms with Crippen molar-refractivity contribution in [3.63, 3.8) is 0 Å². The van der Waals surface area contributed by atoms with Gasteiger partial charge in [-0.2, -0.15) is 23.1 Å². The SMILES string of the molecule is CCOc1nc(-c2cc(OCOC)cc(F)c2C(F)(F)F)c(F)c2nc(OC)nc(N3CC4CCC(C4)C3)c12. The normalized spacial score (nSPS) is 19.0. The summed E-state index contributed by atoms with van der Waals surface area (Å²) in [7, 11) is 2.60. The van der Waals surface area contributed by atoms with E-state index in [0.29, 0.717) is 36.8 Å². The van der Waals surface area contributed by atoms with Crippen LogP contribution in [-0.2, 0) is 10.9 Å². The molecule has 2 aromatic heterocycles. The molecule has 13 heteroatoms. The average molecular weight is 555 g/mol. The molecule has 3 aromatic rings. The molecule has 0 amide bonds. The van der Waals surface area contributed by atoms with Crippen LogP contribution in [-0.4, -0.2) is 55.7 Å². The van der Waals surface area contributed by atoms with Crippen LogP contribution in [0.1, 0.15) is 31.7 Å². The van der Waals surface area contributed by atoms with E-state index < -0.39 is 34.6 Å². The number of ether oxygens (including phenoxy) is 4. The van der Waals surface area contributed by atoms with Gasteiger partial charge < -0.3 is 23.8 Å². The lowest BCUT2D eigenvalue weighted by Gasteiger charge is -2.33. The van der Waals surface area contributed by atoms with Crippen LogP contribution in [0.15, 0.2) is 12.1 Å². The summed E-state index contributed by atoms with van der Waals surface area (Å²) >= 11 is 0. The Morgan fingerprint density at radius 2 is 1.72 bits per heavy atom.